The Bertz CT molecular complexity index is 889. The highest BCUT2D eigenvalue weighted by molar-refractivity contribution is 6.04. The summed E-state index contributed by atoms with van der Waals surface area (Å²) >= 11 is 0. The lowest BCUT2D eigenvalue weighted by molar-refractivity contribution is -0.124. The number of ketones is 1. The third-order valence-corrected chi connectivity index (χ3v) is 5.26. The molecule has 1 amide bonds. The third kappa shape index (κ3) is 4.08. The van der Waals surface area contributed by atoms with Gasteiger partial charge in [0, 0.05) is 6.42 Å². The van der Waals surface area contributed by atoms with E-state index in [0.717, 1.165) is 16.7 Å². The van der Waals surface area contributed by atoms with Gasteiger partial charge in [-0.3, -0.25) is 9.59 Å². The molecule has 1 aliphatic rings. The molecule has 0 fully saturated rings. The van der Waals surface area contributed by atoms with Crippen LogP contribution in [-0.2, 0) is 4.79 Å². The average molecular weight is 383 g/mol. The lowest BCUT2D eigenvalue weighted by atomic mass is 9.96. The van der Waals surface area contributed by atoms with Gasteiger partial charge in [0.05, 0.1) is 11.6 Å². The summed E-state index contributed by atoms with van der Waals surface area (Å²) in [5, 5.41) is 2.95. The fraction of sp³-hybridized carbons (Fsp3) is 0.391. The Morgan fingerprint density at radius 1 is 1.21 bits per heavy atom. The van der Waals surface area contributed by atoms with Crippen LogP contribution in [0.15, 0.2) is 36.4 Å². The summed E-state index contributed by atoms with van der Waals surface area (Å²) in [5.41, 5.74) is 3.54. The van der Waals surface area contributed by atoms with Crippen molar-refractivity contribution >= 4 is 11.7 Å². The third-order valence-electron chi connectivity index (χ3n) is 5.26. The van der Waals surface area contributed by atoms with Crippen molar-refractivity contribution in [3.05, 3.63) is 64.5 Å². The Kier molecular flexibility index (Phi) is 5.82. The van der Waals surface area contributed by atoms with E-state index in [1.54, 1.807) is 18.2 Å². The van der Waals surface area contributed by atoms with E-state index in [-0.39, 0.29) is 42.0 Å². The standard InChI is InChI=1S/C23H26FNO3/c1-13(2)23(16-6-8-17(24)9-7-16)25-20(27)12-28-19-10-5-14(3)21-15(4)11-18(26)22(19)21/h5-10,13,15,23H,11-12H2,1-4H3,(H,25,27)/t15-,23+/m0/s1. The highest BCUT2D eigenvalue weighted by Crippen LogP contribution is 2.40. The molecular weight excluding hydrogens is 357 g/mol. The quantitative estimate of drug-likeness (QED) is 0.785. The summed E-state index contributed by atoms with van der Waals surface area (Å²) in [6.45, 7) is 7.81. The lowest BCUT2D eigenvalue weighted by Crippen LogP contribution is -2.35. The number of halogens is 1. The topological polar surface area (TPSA) is 55.4 Å². The maximum atomic E-state index is 13.2. The second-order valence-corrected chi connectivity index (χ2v) is 7.83. The van der Waals surface area contributed by atoms with Crippen molar-refractivity contribution in [2.75, 3.05) is 6.61 Å². The van der Waals surface area contributed by atoms with Crippen LogP contribution in [0.3, 0.4) is 0 Å². The molecule has 0 bridgehead atoms. The van der Waals surface area contributed by atoms with Gasteiger partial charge in [-0.1, -0.05) is 39.0 Å². The lowest BCUT2D eigenvalue weighted by Gasteiger charge is -2.23. The van der Waals surface area contributed by atoms with Crippen molar-refractivity contribution in [3.8, 4) is 5.75 Å². The summed E-state index contributed by atoms with van der Waals surface area (Å²) in [6.07, 6.45) is 0.475. The first-order valence-corrected chi connectivity index (χ1v) is 9.62. The zero-order chi connectivity index (χ0) is 20.4. The van der Waals surface area contributed by atoms with Gasteiger partial charge < -0.3 is 10.1 Å². The number of aryl methyl sites for hydroxylation is 1. The maximum absolute atomic E-state index is 13.2. The van der Waals surface area contributed by atoms with Gasteiger partial charge in [0.1, 0.15) is 11.6 Å². The molecular formula is C23H26FNO3. The molecule has 148 valence electrons. The van der Waals surface area contributed by atoms with Gasteiger partial charge in [-0.15, -0.1) is 0 Å². The number of benzene rings is 2. The molecule has 5 heteroatoms. The van der Waals surface area contributed by atoms with E-state index in [2.05, 4.69) is 5.32 Å². The molecule has 1 aliphatic carbocycles. The molecule has 2 atom stereocenters. The number of hydrogen-bond acceptors (Lipinski definition) is 3. The normalized spacial score (nSPS) is 16.8. The van der Waals surface area contributed by atoms with Crippen LogP contribution in [-0.4, -0.2) is 18.3 Å². The monoisotopic (exact) mass is 383 g/mol. The van der Waals surface area contributed by atoms with Gasteiger partial charge >= 0.3 is 0 Å². The van der Waals surface area contributed by atoms with Crippen LogP contribution in [0.1, 0.15) is 66.2 Å². The fourth-order valence-corrected chi connectivity index (χ4v) is 3.89. The van der Waals surface area contributed by atoms with E-state index in [9.17, 15) is 14.0 Å². The summed E-state index contributed by atoms with van der Waals surface area (Å²) in [4.78, 5) is 24.9. The Morgan fingerprint density at radius 2 is 1.89 bits per heavy atom. The van der Waals surface area contributed by atoms with Crippen LogP contribution in [0.25, 0.3) is 0 Å². The van der Waals surface area contributed by atoms with Gasteiger partial charge in [0.25, 0.3) is 5.91 Å². The molecule has 0 heterocycles. The Hall–Kier alpha value is -2.69. The molecule has 0 aliphatic heterocycles. The van der Waals surface area contributed by atoms with Crippen LogP contribution in [0.2, 0.25) is 0 Å². The minimum Gasteiger partial charge on any atom is -0.483 e. The van der Waals surface area contributed by atoms with Gasteiger partial charge in [-0.25, -0.2) is 4.39 Å². The van der Waals surface area contributed by atoms with Crippen LogP contribution in [0.5, 0.6) is 5.75 Å². The largest absolute Gasteiger partial charge is 0.483 e. The zero-order valence-corrected chi connectivity index (χ0v) is 16.7. The highest BCUT2D eigenvalue weighted by atomic mass is 19.1. The predicted octanol–water partition coefficient (Wildman–Crippen LogP) is 4.72. The van der Waals surface area contributed by atoms with E-state index < -0.39 is 0 Å². The molecule has 0 saturated carbocycles. The first kappa shape index (κ1) is 20.1. The average Bonchev–Trinajstić information content (AvgIpc) is 2.95. The Balaban J connectivity index is 1.71. The van der Waals surface area contributed by atoms with Crippen molar-refractivity contribution in [3.63, 3.8) is 0 Å². The van der Waals surface area contributed by atoms with E-state index in [4.69, 9.17) is 4.74 Å². The second kappa shape index (κ2) is 8.13. The number of Topliss-reactive ketones (excluding diaryl/α,β-unsaturated/α-hetero) is 1. The molecule has 2 aromatic carbocycles. The van der Waals surface area contributed by atoms with Gasteiger partial charge in [-0.05, 0) is 53.6 Å². The number of hydrogen-bond donors (Lipinski definition) is 1. The highest BCUT2D eigenvalue weighted by Gasteiger charge is 2.31. The van der Waals surface area contributed by atoms with Gasteiger partial charge in [0.2, 0.25) is 0 Å². The first-order valence-electron chi connectivity index (χ1n) is 9.62. The van der Waals surface area contributed by atoms with Crippen molar-refractivity contribution in [1.82, 2.24) is 5.32 Å². The molecule has 0 unspecified atom stereocenters. The molecule has 4 nitrogen and oxygen atoms in total. The molecule has 0 radical (unpaired) electrons. The van der Waals surface area contributed by atoms with Crippen LogP contribution >= 0.6 is 0 Å². The molecule has 0 aromatic heterocycles. The molecule has 0 saturated heterocycles. The van der Waals surface area contributed by atoms with Crippen molar-refractivity contribution in [2.45, 2.75) is 46.1 Å². The number of amides is 1. The predicted molar refractivity (Wildman–Crippen MR) is 106 cm³/mol. The summed E-state index contributed by atoms with van der Waals surface area (Å²) in [7, 11) is 0. The summed E-state index contributed by atoms with van der Waals surface area (Å²) < 4.78 is 18.9. The fourth-order valence-electron chi connectivity index (χ4n) is 3.89. The minimum absolute atomic E-state index is 0.0629. The van der Waals surface area contributed by atoms with Gasteiger partial charge in [-0.2, -0.15) is 0 Å². The van der Waals surface area contributed by atoms with E-state index >= 15 is 0 Å². The molecule has 28 heavy (non-hydrogen) atoms. The van der Waals surface area contributed by atoms with E-state index in [0.29, 0.717) is 17.7 Å². The number of fused-ring (bicyclic) bond motifs is 1. The molecule has 3 rings (SSSR count). The molecule has 2 aromatic rings. The number of ether oxygens (including phenoxy) is 1. The summed E-state index contributed by atoms with van der Waals surface area (Å²) in [5.74, 6) is 0.231. The first-order chi connectivity index (χ1) is 13.3. The van der Waals surface area contributed by atoms with Crippen molar-refractivity contribution < 1.29 is 18.7 Å². The Morgan fingerprint density at radius 3 is 2.54 bits per heavy atom. The van der Waals surface area contributed by atoms with Crippen molar-refractivity contribution in [1.29, 1.82) is 0 Å². The SMILES string of the molecule is Cc1ccc(OCC(=O)N[C@@H](c2ccc(F)cc2)C(C)C)c2c1[C@@H](C)CC2=O. The van der Waals surface area contributed by atoms with Crippen LogP contribution in [0, 0.1) is 18.7 Å². The van der Waals surface area contributed by atoms with Crippen LogP contribution < -0.4 is 10.1 Å². The molecule has 1 N–H and O–H groups in total. The van der Waals surface area contributed by atoms with E-state index in [1.807, 2.05) is 33.8 Å². The van der Waals surface area contributed by atoms with Gasteiger partial charge in [0.15, 0.2) is 12.4 Å². The van der Waals surface area contributed by atoms with Crippen LogP contribution in [0.4, 0.5) is 4.39 Å². The molecule has 0 spiro atoms. The van der Waals surface area contributed by atoms with E-state index in [1.165, 1.54) is 12.1 Å². The number of rotatable bonds is 6. The minimum atomic E-state index is -0.312. The number of carbonyl (C=O) groups is 2. The number of carbonyl (C=O) groups excluding carboxylic acids is 2. The second-order valence-electron chi connectivity index (χ2n) is 7.83. The Labute approximate surface area is 165 Å². The zero-order valence-electron chi connectivity index (χ0n) is 16.7. The van der Waals surface area contributed by atoms with Crippen molar-refractivity contribution in [2.24, 2.45) is 5.92 Å². The smallest absolute Gasteiger partial charge is 0.258 e. The maximum Gasteiger partial charge on any atom is 0.258 e. The number of nitrogens with one attached hydrogen (secondary N) is 1. The summed E-state index contributed by atoms with van der Waals surface area (Å²) in [6, 6.07) is 9.56.